The fourth-order valence-corrected chi connectivity index (χ4v) is 5.29. The van der Waals surface area contributed by atoms with Crippen molar-refractivity contribution in [2.45, 2.75) is 32.2 Å². The number of piperidine rings is 1. The predicted octanol–water partition coefficient (Wildman–Crippen LogP) is 3.52. The van der Waals surface area contributed by atoms with Crippen LogP contribution in [0.15, 0.2) is 48.5 Å². The molecule has 0 radical (unpaired) electrons. The standard InChI is InChI=1S/C27H34FN3O3/c1-20(32)30-14-12-27(13-15-30,18-21-4-8-23(28)9-5-21)26(33)31-17-16-29(2)25(19-31)22-6-10-24(34-3)11-7-22/h4-11,25H,12-19H2,1-3H3. The lowest BCUT2D eigenvalue weighted by molar-refractivity contribution is -0.150. The summed E-state index contributed by atoms with van der Waals surface area (Å²) in [6.07, 6.45) is 1.78. The summed E-state index contributed by atoms with van der Waals surface area (Å²) in [5, 5.41) is 0. The van der Waals surface area contributed by atoms with E-state index in [-0.39, 0.29) is 23.7 Å². The van der Waals surface area contributed by atoms with E-state index in [0.717, 1.165) is 23.4 Å². The Morgan fingerprint density at radius 1 is 0.971 bits per heavy atom. The largest absolute Gasteiger partial charge is 0.497 e. The van der Waals surface area contributed by atoms with Gasteiger partial charge in [0.05, 0.1) is 18.6 Å². The molecule has 1 unspecified atom stereocenters. The van der Waals surface area contributed by atoms with Crippen LogP contribution in [0.25, 0.3) is 0 Å². The van der Waals surface area contributed by atoms with E-state index in [9.17, 15) is 14.0 Å². The molecule has 0 spiro atoms. The van der Waals surface area contributed by atoms with Gasteiger partial charge in [-0.15, -0.1) is 0 Å². The molecule has 0 aliphatic carbocycles. The molecule has 2 amide bonds. The average Bonchev–Trinajstić information content (AvgIpc) is 2.86. The normalized spacial score (nSPS) is 20.8. The van der Waals surface area contributed by atoms with Crippen molar-refractivity contribution in [2.75, 3.05) is 46.9 Å². The first-order valence-electron chi connectivity index (χ1n) is 11.9. The highest BCUT2D eigenvalue weighted by atomic mass is 19.1. The SMILES string of the molecule is COc1ccc(C2CN(C(=O)C3(Cc4ccc(F)cc4)CCN(C(C)=O)CC3)CCN2C)cc1. The number of carbonyl (C=O) groups is 2. The van der Waals surface area contributed by atoms with Crippen molar-refractivity contribution in [1.82, 2.24) is 14.7 Å². The maximum Gasteiger partial charge on any atom is 0.229 e. The third kappa shape index (κ3) is 5.09. The van der Waals surface area contributed by atoms with Gasteiger partial charge in [0.15, 0.2) is 0 Å². The third-order valence-corrected chi connectivity index (χ3v) is 7.51. The summed E-state index contributed by atoms with van der Waals surface area (Å²) in [5.74, 6) is 0.719. The first-order valence-corrected chi connectivity index (χ1v) is 11.9. The van der Waals surface area contributed by atoms with Crippen LogP contribution in [0.5, 0.6) is 5.75 Å². The Hall–Kier alpha value is -2.93. The summed E-state index contributed by atoms with van der Waals surface area (Å²) in [7, 11) is 3.75. The van der Waals surface area contributed by atoms with Crippen LogP contribution in [-0.4, -0.2) is 73.4 Å². The number of amides is 2. The number of methoxy groups -OCH3 is 1. The van der Waals surface area contributed by atoms with Gasteiger partial charge >= 0.3 is 0 Å². The van der Waals surface area contributed by atoms with Gasteiger partial charge in [-0.25, -0.2) is 4.39 Å². The van der Waals surface area contributed by atoms with Crippen molar-refractivity contribution in [3.8, 4) is 5.75 Å². The lowest BCUT2D eigenvalue weighted by Crippen LogP contribution is -2.56. The average molecular weight is 468 g/mol. The van der Waals surface area contributed by atoms with Crippen LogP contribution < -0.4 is 4.74 Å². The highest BCUT2D eigenvalue weighted by Crippen LogP contribution is 2.39. The van der Waals surface area contributed by atoms with Gasteiger partial charge in [-0.05, 0) is 61.7 Å². The molecule has 2 aromatic carbocycles. The molecular weight excluding hydrogens is 433 g/mol. The molecule has 0 N–H and O–H groups in total. The summed E-state index contributed by atoms with van der Waals surface area (Å²) >= 11 is 0. The summed E-state index contributed by atoms with van der Waals surface area (Å²) in [6.45, 7) is 4.78. The number of hydrogen-bond acceptors (Lipinski definition) is 4. The minimum absolute atomic E-state index is 0.0435. The van der Waals surface area contributed by atoms with Crippen molar-refractivity contribution in [3.63, 3.8) is 0 Å². The van der Waals surface area contributed by atoms with Gasteiger partial charge in [0, 0.05) is 39.6 Å². The van der Waals surface area contributed by atoms with Crippen LogP contribution in [0.1, 0.15) is 36.9 Å². The molecule has 2 saturated heterocycles. The maximum absolute atomic E-state index is 14.1. The molecule has 7 heteroatoms. The molecule has 2 aliphatic heterocycles. The van der Waals surface area contributed by atoms with Crippen molar-refractivity contribution >= 4 is 11.8 Å². The summed E-state index contributed by atoms with van der Waals surface area (Å²) in [5.41, 5.74) is 1.51. The van der Waals surface area contributed by atoms with Crippen molar-refractivity contribution in [3.05, 3.63) is 65.5 Å². The second kappa shape index (κ2) is 10.1. The number of nitrogens with zero attached hydrogens (tertiary/aromatic N) is 3. The zero-order valence-electron chi connectivity index (χ0n) is 20.3. The third-order valence-electron chi connectivity index (χ3n) is 7.51. The van der Waals surface area contributed by atoms with Gasteiger partial charge in [0.1, 0.15) is 11.6 Å². The van der Waals surface area contributed by atoms with Crippen molar-refractivity contribution in [2.24, 2.45) is 5.41 Å². The molecule has 0 bridgehead atoms. The van der Waals surface area contributed by atoms with Gasteiger partial charge < -0.3 is 14.5 Å². The van der Waals surface area contributed by atoms with Crippen LogP contribution in [0.2, 0.25) is 0 Å². The number of likely N-dealkylation sites (N-methyl/N-ethyl adjacent to an activating group) is 1. The monoisotopic (exact) mass is 467 g/mol. The van der Waals surface area contributed by atoms with Crippen LogP contribution in [0.3, 0.4) is 0 Å². The molecule has 182 valence electrons. The zero-order chi connectivity index (χ0) is 24.3. The van der Waals surface area contributed by atoms with E-state index in [4.69, 9.17) is 4.74 Å². The Morgan fingerprint density at radius 2 is 1.62 bits per heavy atom. The minimum atomic E-state index is -0.593. The molecule has 34 heavy (non-hydrogen) atoms. The van der Waals surface area contributed by atoms with Gasteiger partial charge in [0.2, 0.25) is 11.8 Å². The highest BCUT2D eigenvalue weighted by molar-refractivity contribution is 5.84. The van der Waals surface area contributed by atoms with Gasteiger partial charge in [-0.3, -0.25) is 14.5 Å². The Morgan fingerprint density at radius 3 is 2.21 bits per heavy atom. The van der Waals surface area contributed by atoms with E-state index >= 15 is 0 Å². The summed E-state index contributed by atoms with van der Waals surface area (Å²) in [6, 6.07) is 14.6. The van der Waals surface area contributed by atoms with Crippen LogP contribution in [0, 0.1) is 11.2 Å². The van der Waals surface area contributed by atoms with E-state index in [1.165, 1.54) is 12.1 Å². The van der Waals surface area contributed by atoms with Gasteiger partial charge in [0.25, 0.3) is 0 Å². The van der Waals surface area contributed by atoms with Gasteiger partial charge in [-0.1, -0.05) is 24.3 Å². The Balaban J connectivity index is 1.57. The molecule has 4 rings (SSSR count). The predicted molar refractivity (Wildman–Crippen MR) is 129 cm³/mol. The molecule has 2 aliphatic rings. The fraction of sp³-hybridized carbons (Fsp3) is 0.481. The van der Waals surface area contributed by atoms with Crippen molar-refractivity contribution < 1.29 is 18.7 Å². The minimum Gasteiger partial charge on any atom is -0.497 e. The first-order chi connectivity index (χ1) is 16.3. The summed E-state index contributed by atoms with van der Waals surface area (Å²) in [4.78, 5) is 32.2. The van der Waals surface area contributed by atoms with E-state index < -0.39 is 5.41 Å². The number of halogens is 1. The quantitative estimate of drug-likeness (QED) is 0.675. The molecule has 2 heterocycles. The first kappa shape index (κ1) is 24.2. The number of carbonyl (C=O) groups excluding carboxylic acids is 2. The molecule has 0 saturated carbocycles. The van der Waals surface area contributed by atoms with Crippen molar-refractivity contribution in [1.29, 1.82) is 0 Å². The zero-order valence-corrected chi connectivity index (χ0v) is 20.3. The second-order valence-electron chi connectivity index (χ2n) is 9.61. The Kier molecular flexibility index (Phi) is 7.22. The van der Waals surface area contributed by atoms with Gasteiger partial charge in [-0.2, -0.15) is 0 Å². The second-order valence-corrected chi connectivity index (χ2v) is 9.61. The number of rotatable bonds is 5. The number of ether oxygens (including phenoxy) is 1. The van der Waals surface area contributed by atoms with E-state index in [2.05, 4.69) is 24.1 Å². The number of piperazine rings is 1. The Bertz CT molecular complexity index is 1000. The molecule has 6 nitrogen and oxygen atoms in total. The number of hydrogen-bond donors (Lipinski definition) is 0. The van der Waals surface area contributed by atoms with E-state index in [1.54, 1.807) is 26.2 Å². The highest BCUT2D eigenvalue weighted by Gasteiger charge is 2.45. The molecule has 0 aromatic heterocycles. The number of likely N-dealkylation sites (tertiary alicyclic amines) is 1. The molecule has 1 atom stereocenters. The Labute approximate surface area is 201 Å². The van der Waals surface area contributed by atoms with E-state index in [1.807, 2.05) is 21.9 Å². The van der Waals surface area contributed by atoms with Crippen LogP contribution in [0.4, 0.5) is 4.39 Å². The summed E-state index contributed by atoms with van der Waals surface area (Å²) < 4.78 is 18.8. The lowest BCUT2D eigenvalue weighted by atomic mass is 9.72. The van der Waals surface area contributed by atoms with Crippen LogP contribution in [-0.2, 0) is 16.0 Å². The smallest absolute Gasteiger partial charge is 0.229 e. The molecule has 2 aromatic rings. The number of benzene rings is 2. The molecule has 2 fully saturated rings. The molecular formula is C27H34FN3O3. The van der Waals surface area contributed by atoms with E-state index in [0.29, 0.717) is 45.4 Å². The fourth-order valence-electron chi connectivity index (χ4n) is 5.29. The maximum atomic E-state index is 14.1. The van der Waals surface area contributed by atoms with Crippen LogP contribution >= 0.6 is 0 Å². The topological polar surface area (TPSA) is 53.1 Å². The lowest BCUT2D eigenvalue weighted by Gasteiger charge is -2.47.